The predicted molar refractivity (Wildman–Crippen MR) is 200 cm³/mol. The lowest BCUT2D eigenvalue weighted by Crippen LogP contribution is -2.66. The van der Waals surface area contributed by atoms with Gasteiger partial charge < -0.3 is 24.1 Å². The number of carbonyl (C=O) groups excluding carboxylic acids is 1. The molecule has 0 bridgehead atoms. The number of methoxy groups -OCH3 is 1. The van der Waals surface area contributed by atoms with Gasteiger partial charge in [0.25, 0.3) is 8.32 Å². The molecule has 0 unspecified atom stereocenters. The van der Waals surface area contributed by atoms with Crippen molar-refractivity contribution >= 4 is 36.3 Å². The molecule has 2 aliphatic rings. The third-order valence-electron chi connectivity index (χ3n) is 9.71. The van der Waals surface area contributed by atoms with E-state index in [1.165, 1.54) is 10.4 Å². The van der Waals surface area contributed by atoms with Crippen LogP contribution in [0.25, 0.3) is 0 Å². The zero-order valence-electron chi connectivity index (χ0n) is 29.2. The molecule has 0 saturated carbocycles. The number of aliphatic imine (C=N–C) groups is 1. The fourth-order valence-corrected chi connectivity index (χ4v) is 12.0. The monoisotopic (exact) mass is 673 g/mol. The van der Waals surface area contributed by atoms with E-state index in [0.717, 1.165) is 42.2 Å². The second-order valence-electron chi connectivity index (χ2n) is 13.8. The van der Waals surface area contributed by atoms with Crippen molar-refractivity contribution in [3.05, 3.63) is 132 Å². The zero-order valence-corrected chi connectivity index (χ0v) is 30.2. The van der Waals surface area contributed by atoms with E-state index >= 15 is 0 Å². The Bertz CT molecular complexity index is 1730. The van der Waals surface area contributed by atoms with E-state index in [4.69, 9.17) is 18.9 Å². The van der Waals surface area contributed by atoms with Gasteiger partial charge in [-0.2, -0.15) is 0 Å². The number of nitrogens with one attached hydrogen (secondary N) is 1. The first kappa shape index (κ1) is 34.2. The molecule has 2 aliphatic heterocycles. The van der Waals surface area contributed by atoms with E-state index in [1.807, 2.05) is 61.5 Å². The van der Waals surface area contributed by atoms with Gasteiger partial charge >= 0.3 is 5.97 Å². The molecule has 4 aromatic rings. The number of carbonyl (C=O) groups is 1. The molecule has 1 saturated heterocycles. The predicted octanol–water partition coefficient (Wildman–Crippen LogP) is 7.29. The van der Waals surface area contributed by atoms with E-state index in [0.29, 0.717) is 17.9 Å². The van der Waals surface area contributed by atoms with Crippen LogP contribution in [0.5, 0.6) is 5.75 Å². The molecule has 0 aromatic heterocycles. The lowest BCUT2D eigenvalue weighted by molar-refractivity contribution is -0.141. The molecule has 49 heavy (non-hydrogen) atoms. The molecule has 1 N–H and O–H groups in total. The Morgan fingerprint density at radius 2 is 1.45 bits per heavy atom. The topological polar surface area (TPSA) is 72.4 Å². The number of anilines is 1. The quantitative estimate of drug-likeness (QED) is 0.133. The van der Waals surface area contributed by atoms with Crippen LogP contribution in [0.2, 0.25) is 5.04 Å². The van der Waals surface area contributed by atoms with Gasteiger partial charge in [0.05, 0.1) is 24.4 Å². The van der Waals surface area contributed by atoms with Crippen molar-refractivity contribution in [1.82, 2.24) is 4.90 Å². The molecule has 6 rings (SSSR count). The van der Waals surface area contributed by atoms with E-state index < -0.39 is 8.32 Å². The van der Waals surface area contributed by atoms with Gasteiger partial charge in [-0.15, -0.1) is 0 Å². The maximum atomic E-state index is 13.7. The normalized spacial score (nSPS) is 17.7. The number of hydrogen-bond acceptors (Lipinski definition) is 7. The highest BCUT2D eigenvalue weighted by molar-refractivity contribution is 6.99. The molecule has 0 aliphatic carbocycles. The standard InChI is InChI=1S/C41H47N3O4Si/c1-30-38(39(45)47-29-31-15-9-6-10-16-31)37-26-23-33(44(37)40(42-30)43-32-21-24-34(46-5)25-22-32)27-28-48-49(41(2,3)4,35-17-11-7-12-18-35)36-19-13-8-14-20-36/h6-22,24-25,33,37H,23,26-29H2,1-5H3,(H,42,43)/t33-,37-/m0/s1. The Morgan fingerprint density at radius 3 is 2.02 bits per heavy atom. The number of hydrogen-bond donors (Lipinski definition) is 1. The number of ether oxygens (including phenoxy) is 2. The lowest BCUT2D eigenvalue weighted by Gasteiger charge is -2.43. The Balaban J connectivity index is 1.28. The summed E-state index contributed by atoms with van der Waals surface area (Å²) in [6, 6.07) is 39.1. The van der Waals surface area contributed by atoms with E-state index in [2.05, 4.69) is 91.7 Å². The average Bonchev–Trinajstić information content (AvgIpc) is 3.54. The lowest BCUT2D eigenvalue weighted by atomic mass is 10.0. The second kappa shape index (κ2) is 14.8. The average molecular weight is 674 g/mol. The van der Waals surface area contributed by atoms with Gasteiger partial charge in [-0.05, 0) is 71.4 Å². The van der Waals surface area contributed by atoms with Crippen molar-refractivity contribution in [3.63, 3.8) is 0 Å². The van der Waals surface area contributed by atoms with Gasteiger partial charge in [0.1, 0.15) is 12.4 Å². The summed E-state index contributed by atoms with van der Waals surface area (Å²) in [5.74, 6) is 1.21. The molecular formula is C41H47N3O4Si. The van der Waals surface area contributed by atoms with Crippen LogP contribution in [0.15, 0.2) is 132 Å². The summed E-state index contributed by atoms with van der Waals surface area (Å²) in [5, 5.41) is 5.98. The summed E-state index contributed by atoms with van der Waals surface area (Å²) < 4.78 is 18.6. The fourth-order valence-electron chi connectivity index (χ4n) is 7.38. The summed E-state index contributed by atoms with van der Waals surface area (Å²) in [7, 11) is -1.04. The number of esters is 1. The Kier molecular flexibility index (Phi) is 10.4. The molecule has 0 amide bonds. The van der Waals surface area contributed by atoms with Crippen LogP contribution in [0.3, 0.4) is 0 Å². The number of rotatable bonds is 11. The maximum Gasteiger partial charge on any atom is 0.338 e. The highest BCUT2D eigenvalue weighted by Gasteiger charge is 2.50. The molecular weight excluding hydrogens is 627 g/mol. The van der Waals surface area contributed by atoms with Crippen molar-refractivity contribution in [1.29, 1.82) is 0 Å². The van der Waals surface area contributed by atoms with Gasteiger partial charge in [-0.1, -0.05) is 112 Å². The minimum Gasteiger partial charge on any atom is -0.497 e. The molecule has 4 aromatic carbocycles. The zero-order chi connectivity index (χ0) is 34.4. The first-order chi connectivity index (χ1) is 23.7. The fraction of sp³-hybridized carbons (Fsp3) is 0.317. The summed E-state index contributed by atoms with van der Waals surface area (Å²) in [5.41, 5.74) is 3.17. The van der Waals surface area contributed by atoms with Crippen molar-refractivity contribution in [2.45, 2.75) is 70.7 Å². The molecule has 254 valence electrons. The third kappa shape index (κ3) is 7.21. The van der Waals surface area contributed by atoms with Crippen molar-refractivity contribution in [2.75, 3.05) is 19.0 Å². The van der Waals surface area contributed by atoms with Gasteiger partial charge in [0.15, 0.2) is 0 Å². The van der Waals surface area contributed by atoms with Gasteiger partial charge in [0.2, 0.25) is 5.96 Å². The summed E-state index contributed by atoms with van der Waals surface area (Å²) in [4.78, 5) is 21.0. The second-order valence-corrected chi connectivity index (χ2v) is 18.1. The van der Waals surface area contributed by atoms with Crippen LogP contribution < -0.4 is 20.4 Å². The number of nitrogens with zero attached hydrogens (tertiary/aromatic N) is 2. The van der Waals surface area contributed by atoms with Crippen LogP contribution in [0.1, 0.15) is 52.5 Å². The molecule has 0 spiro atoms. The first-order valence-electron chi connectivity index (χ1n) is 17.2. The van der Waals surface area contributed by atoms with Gasteiger partial charge in [-0.3, -0.25) is 0 Å². The Morgan fingerprint density at radius 1 is 0.857 bits per heavy atom. The molecule has 1 fully saturated rings. The van der Waals surface area contributed by atoms with Crippen molar-refractivity contribution < 1.29 is 18.7 Å². The molecule has 7 nitrogen and oxygen atoms in total. The smallest absolute Gasteiger partial charge is 0.338 e. The van der Waals surface area contributed by atoms with E-state index in [-0.39, 0.29) is 29.7 Å². The summed E-state index contributed by atoms with van der Waals surface area (Å²) in [6.45, 7) is 9.62. The number of benzene rings is 4. The van der Waals surface area contributed by atoms with E-state index in [9.17, 15) is 4.79 Å². The van der Waals surface area contributed by atoms with Crippen LogP contribution in [-0.4, -0.2) is 50.9 Å². The Hall–Kier alpha value is -4.66. The Labute approximate surface area is 291 Å². The van der Waals surface area contributed by atoms with Crippen LogP contribution in [0.4, 0.5) is 5.69 Å². The first-order valence-corrected chi connectivity index (χ1v) is 19.1. The summed E-state index contributed by atoms with van der Waals surface area (Å²) >= 11 is 0. The molecule has 2 atom stereocenters. The van der Waals surface area contributed by atoms with Crippen molar-refractivity contribution in [3.8, 4) is 5.75 Å². The minimum atomic E-state index is -2.70. The molecule has 8 heteroatoms. The molecule has 0 radical (unpaired) electrons. The molecule has 2 heterocycles. The minimum absolute atomic E-state index is 0.109. The highest BCUT2D eigenvalue weighted by atomic mass is 28.4. The van der Waals surface area contributed by atoms with Gasteiger partial charge in [-0.25, -0.2) is 9.79 Å². The summed E-state index contributed by atoms with van der Waals surface area (Å²) in [6.07, 6.45) is 2.51. The number of fused-ring (bicyclic) bond motifs is 1. The van der Waals surface area contributed by atoms with Gasteiger partial charge in [0, 0.05) is 18.3 Å². The number of allylic oxidation sites excluding steroid dienone is 1. The third-order valence-corrected chi connectivity index (χ3v) is 14.8. The van der Waals surface area contributed by atoms with Crippen LogP contribution in [0, 0.1) is 0 Å². The number of guanidine groups is 1. The largest absolute Gasteiger partial charge is 0.497 e. The highest BCUT2D eigenvalue weighted by Crippen LogP contribution is 2.39. The van der Waals surface area contributed by atoms with Crippen LogP contribution >= 0.6 is 0 Å². The SMILES string of the molecule is COc1ccc(NC2=NC(C)=C(C(=O)OCc3ccccc3)[C@@H]3CC[C@@H](CCO[Si](c4ccccc4)(c4ccccc4)C(C)(C)C)N23)cc1. The van der Waals surface area contributed by atoms with E-state index in [1.54, 1.807) is 7.11 Å². The maximum absolute atomic E-state index is 13.7. The van der Waals surface area contributed by atoms with Crippen molar-refractivity contribution in [2.24, 2.45) is 4.99 Å². The van der Waals surface area contributed by atoms with Crippen LogP contribution in [-0.2, 0) is 20.6 Å².